The number of nitriles is 1. The predicted molar refractivity (Wildman–Crippen MR) is 68.3 cm³/mol. The van der Waals surface area contributed by atoms with Crippen molar-refractivity contribution in [1.29, 1.82) is 5.26 Å². The summed E-state index contributed by atoms with van der Waals surface area (Å²) in [5.74, 6) is 1.55. The molecule has 0 bridgehead atoms. The smallest absolute Gasteiger partial charge is 0.174 e. The zero-order valence-corrected chi connectivity index (χ0v) is 10.1. The van der Waals surface area contributed by atoms with Crippen LogP contribution in [0, 0.1) is 11.3 Å². The van der Waals surface area contributed by atoms with Crippen LogP contribution in [0.15, 0.2) is 47.1 Å². The van der Waals surface area contributed by atoms with Crippen molar-refractivity contribution < 1.29 is 9.15 Å². The zero-order valence-electron chi connectivity index (χ0n) is 10.1. The molecule has 0 fully saturated rings. The molecule has 1 heterocycles. The lowest BCUT2D eigenvalue weighted by Crippen LogP contribution is -2.05. The van der Waals surface area contributed by atoms with Crippen LogP contribution in [0.25, 0.3) is 0 Å². The van der Waals surface area contributed by atoms with Gasteiger partial charge in [0.2, 0.25) is 0 Å². The molecule has 0 amide bonds. The highest BCUT2D eigenvalue weighted by Crippen LogP contribution is 2.22. The van der Waals surface area contributed by atoms with Gasteiger partial charge in [-0.2, -0.15) is 5.26 Å². The SMILES string of the molecule is CC(Nc1cccc(OCC#N)c1)c1ccco1. The molecule has 0 aliphatic carbocycles. The largest absolute Gasteiger partial charge is 0.479 e. The minimum Gasteiger partial charge on any atom is -0.479 e. The number of ether oxygens (including phenoxy) is 1. The van der Waals surface area contributed by atoms with Crippen LogP contribution in [0.4, 0.5) is 5.69 Å². The Labute approximate surface area is 106 Å². The molecule has 1 aromatic heterocycles. The second-order valence-electron chi connectivity index (χ2n) is 3.86. The van der Waals surface area contributed by atoms with Gasteiger partial charge in [0.1, 0.15) is 17.6 Å². The molecule has 92 valence electrons. The fraction of sp³-hybridized carbons (Fsp3) is 0.214. The van der Waals surface area contributed by atoms with Gasteiger partial charge in [-0.15, -0.1) is 0 Å². The Bertz CT molecular complexity index is 529. The van der Waals surface area contributed by atoms with Gasteiger partial charge in [-0.05, 0) is 31.2 Å². The van der Waals surface area contributed by atoms with Crippen LogP contribution >= 0.6 is 0 Å². The van der Waals surface area contributed by atoms with Crippen molar-refractivity contribution in [1.82, 2.24) is 0 Å². The van der Waals surface area contributed by atoms with E-state index in [1.54, 1.807) is 6.26 Å². The Kier molecular flexibility index (Phi) is 3.87. The number of benzene rings is 1. The van der Waals surface area contributed by atoms with Gasteiger partial charge in [-0.25, -0.2) is 0 Å². The lowest BCUT2D eigenvalue weighted by Gasteiger charge is -2.13. The van der Waals surface area contributed by atoms with Gasteiger partial charge < -0.3 is 14.5 Å². The van der Waals surface area contributed by atoms with Crippen LogP contribution in [-0.4, -0.2) is 6.61 Å². The minimum absolute atomic E-state index is 0.0528. The van der Waals surface area contributed by atoms with Crippen LogP contribution in [0.2, 0.25) is 0 Å². The fourth-order valence-electron chi connectivity index (χ4n) is 1.65. The van der Waals surface area contributed by atoms with Crippen molar-refractivity contribution >= 4 is 5.69 Å². The van der Waals surface area contributed by atoms with Crippen LogP contribution < -0.4 is 10.1 Å². The van der Waals surface area contributed by atoms with E-state index in [2.05, 4.69) is 5.32 Å². The Morgan fingerprint density at radius 2 is 2.28 bits per heavy atom. The molecule has 18 heavy (non-hydrogen) atoms. The third-order valence-corrected chi connectivity index (χ3v) is 2.49. The van der Waals surface area contributed by atoms with E-state index in [1.165, 1.54) is 0 Å². The maximum atomic E-state index is 8.46. The predicted octanol–water partition coefficient (Wildman–Crippen LogP) is 3.36. The summed E-state index contributed by atoms with van der Waals surface area (Å²) in [7, 11) is 0. The first-order chi connectivity index (χ1) is 8.79. The van der Waals surface area contributed by atoms with E-state index < -0.39 is 0 Å². The van der Waals surface area contributed by atoms with Crippen molar-refractivity contribution in [3.63, 3.8) is 0 Å². The molecule has 1 atom stereocenters. The molecule has 2 aromatic rings. The normalized spacial score (nSPS) is 11.6. The fourth-order valence-corrected chi connectivity index (χ4v) is 1.65. The topological polar surface area (TPSA) is 58.2 Å². The molecule has 0 radical (unpaired) electrons. The number of nitrogens with one attached hydrogen (secondary N) is 1. The maximum absolute atomic E-state index is 8.46. The minimum atomic E-state index is 0.0528. The monoisotopic (exact) mass is 242 g/mol. The molecule has 0 saturated heterocycles. The highest BCUT2D eigenvalue weighted by molar-refractivity contribution is 5.49. The summed E-state index contributed by atoms with van der Waals surface area (Å²) in [6.07, 6.45) is 1.65. The summed E-state index contributed by atoms with van der Waals surface area (Å²) in [4.78, 5) is 0. The standard InChI is InChI=1S/C14H14N2O2/c1-11(14-6-3-8-18-14)16-12-4-2-5-13(10-12)17-9-7-15/h2-6,8,10-11,16H,9H2,1H3. The Balaban J connectivity index is 2.03. The number of furan rings is 1. The van der Waals surface area contributed by atoms with Crippen LogP contribution in [0.1, 0.15) is 18.7 Å². The Morgan fingerprint density at radius 1 is 1.39 bits per heavy atom. The second-order valence-corrected chi connectivity index (χ2v) is 3.86. The van der Waals surface area contributed by atoms with E-state index in [9.17, 15) is 0 Å². The van der Waals surface area contributed by atoms with Crippen LogP contribution in [0.3, 0.4) is 0 Å². The van der Waals surface area contributed by atoms with Crippen molar-refractivity contribution in [2.75, 3.05) is 11.9 Å². The van der Waals surface area contributed by atoms with Crippen molar-refractivity contribution in [3.05, 3.63) is 48.4 Å². The van der Waals surface area contributed by atoms with E-state index >= 15 is 0 Å². The van der Waals surface area contributed by atoms with Gasteiger partial charge in [0.25, 0.3) is 0 Å². The lowest BCUT2D eigenvalue weighted by atomic mass is 10.2. The third kappa shape index (κ3) is 3.05. The first kappa shape index (κ1) is 12.1. The summed E-state index contributed by atoms with van der Waals surface area (Å²) in [6.45, 7) is 2.07. The zero-order chi connectivity index (χ0) is 12.8. The Morgan fingerprint density at radius 3 is 3.00 bits per heavy atom. The first-order valence-electron chi connectivity index (χ1n) is 5.69. The summed E-state index contributed by atoms with van der Waals surface area (Å²) >= 11 is 0. The molecular weight excluding hydrogens is 228 g/mol. The van der Waals surface area contributed by atoms with Crippen molar-refractivity contribution in [2.24, 2.45) is 0 Å². The van der Waals surface area contributed by atoms with E-state index in [0.29, 0.717) is 5.75 Å². The highest BCUT2D eigenvalue weighted by Gasteiger charge is 2.07. The molecule has 0 saturated carbocycles. The molecular formula is C14H14N2O2. The summed E-state index contributed by atoms with van der Waals surface area (Å²) in [5.41, 5.74) is 0.925. The van der Waals surface area contributed by atoms with Gasteiger partial charge in [0.05, 0.1) is 12.3 Å². The maximum Gasteiger partial charge on any atom is 0.174 e. The quantitative estimate of drug-likeness (QED) is 0.873. The number of hydrogen-bond donors (Lipinski definition) is 1. The van der Waals surface area contributed by atoms with E-state index in [4.69, 9.17) is 14.4 Å². The van der Waals surface area contributed by atoms with E-state index in [0.717, 1.165) is 11.4 Å². The number of hydrogen-bond acceptors (Lipinski definition) is 4. The van der Waals surface area contributed by atoms with Gasteiger partial charge in [0.15, 0.2) is 6.61 Å². The van der Waals surface area contributed by atoms with Gasteiger partial charge in [-0.3, -0.25) is 0 Å². The van der Waals surface area contributed by atoms with Crippen molar-refractivity contribution in [2.45, 2.75) is 13.0 Å². The van der Waals surface area contributed by atoms with Crippen molar-refractivity contribution in [3.8, 4) is 11.8 Å². The number of rotatable bonds is 5. The van der Waals surface area contributed by atoms with Gasteiger partial charge in [0, 0.05) is 11.8 Å². The first-order valence-corrected chi connectivity index (χ1v) is 5.69. The number of anilines is 1. The molecule has 0 aliphatic heterocycles. The third-order valence-electron chi connectivity index (χ3n) is 2.49. The lowest BCUT2D eigenvalue weighted by molar-refractivity contribution is 0.368. The molecule has 4 nitrogen and oxygen atoms in total. The van der Waals surface area contributed by atoms with Gasteiger partial charge >= 0.3 is 0 Å². The summed E-state index contributed by atoms with van der Waals surface area (Å²) in [6, 6.07) is 13.3. The molecule has 1 aromatic carbocycles. The van der Waals surface area contributed by atoms with Crippen LogP contribution in [0.5, 0.6) is 5.75 Å². The molecule has 1 unspecified atom stereocenters. The highest BCUT2D eigenvalue weighted by atomic mass is 16.5. The molecule has 1 N–H and O–H groups in total. The average Bonchev–Trinajstić information content (AvgIpc) is 2.91. The molecule has 0 spiro atoms. The van der Waals surface area contributed by atoms with E-state index in [-0.39, 0.29) is 12.6 Å². The average molecular weight is 242 g/mol. The van der Waals surface area contributed by atoms with Crippen LogP contribution in [-0.2, 0) is 0 Å². The van der Waals surface area contributed by atoms with Gasteiger partial charge in [-0.1, -0.05) is 6.07 Å². The van der Waals surface area contributed by atoms with E-state index in [1.807, 2.05) is 49.4 Å². The molecule has 4 heteroatoms. The second kappa shape index (κ2) is 5.78. The summed E-state index contributed by atoms with van der Waals surface area (Å²) in [5, 5.41) is 11.8. The summed E-state index contributed by atoms with van der Waals surface area (Å²) < 4.78 is 10.6. The Hall–Kier alpha value is -2.41. The molecule has 0 aliphatic rings. The molecule has 2 rings (SSSR count). The number of nitrogens with zero attached hydrogens (tertiary/aromatic N) is 1.